The molecule has 3 nitrogen and oxygen atoms in total. The van der Waals surface area contributed by atoms with Crippen molar-refractivity contribution in [1.29, 1.82) is 0 Å². The summed E-state index contributed by atoms with van der Waals surface area (Å²) in [5.41, 5.74) is 1.43. The van der Waals surface area contributed by atoms with Gasteiger partial charge in [0, 0.05) is 23.4 Å². The summed E-state index contributed by atoms with van der Waals surface area (Å²) in [4.78, 5) is 10.6. The third-order valence-corrected chi connectivity index (χ3v) is 2.27. The molecule has 1 N–H and O–H groups in total. The van der Waals surface area contributed by atoms with Gasteiger partial charge in [-0.25, -0.2) is 0 Å². The summed E-state index contributed by atoms with van der Waals surface area (Å²) in [6.07, 6.45) is 0.569. The number of alkyl halides is 1. The van der Waals surface area contributed by atoms with Crippen molar-refractivity contribution in [2.24, 2.45) is 0 Å². The summed E-state index contributed by atoms with van der Waals surface area (Å²) in [6.45, 7) is 0. The summed E-state index contributed by atoms with van der Waals surface area (Å²) in [6, 6.07) is 5.24. The second kappa shape index (κ2) is 6.82. The minimum Gasteiger partial charge on any atom is -0.496 e. The fourth-order valence-electron chi connectivity index (χ4n) is 1.34. The van der Waals surface area contributed by atoms with Crippen LogP contribution in [0, 0.1) is 11.8 Å². The molecule has 90 valence electrons. The Balaban J connectivity index is 2.93. The lowest BCUT2D eigenvalue weighted by molar-refractivity contribution is -0.136. The van der Waals surface area contributed by atoms with Crippen LogP contribution in [0.1, 0.15) is 17.5 Å². The molecule has 1 aromatic rings. The number of hydrogen-bond acceptors (Lipinski definition) is 2. The molecular weight excluding hydrogens is 240 g/mol. The van der Waals surface area contributed by atoms with Crippen molar-refractivity contribution in [3.63, 3.8) is 0 Å². The van der Waals surface area contributed by atoms with Gasteiger partial charge in [0.05, 0.1) is 13.5 Å². The standard InChI is InChI=1S/C13H13ClO3/c1-17-12-8-10(4-2-3-7-14)5-6-11(12)9-13(15)16/h5-6,8H,3,7,9H2,1H3,(H,15,16). The van der Waals surface area contributed by atoms with Gasteiger partial charge in [-0.3, -0.25) is 4.79 Å². The van der Waals surface area contributed by atoms with Crippen molar-refractivity contribution in [3.05, 3.63) is 29.3 Å². The van der Waals surface area contributed by atoms with Crippen molar-refractivity contribution in [3.8, 4) is 17.6 Å². The number of carboxylic acid groups (broad SMARTS) is 1. The van der Waals surface area contributed by atoms with Crippen LogP contribution < -0.4 is 4.74 Å². The predicted molar refractivity (Wildman–Crippen MR) is 66.5 cm³/mol. The molecule has 0 bridgehead atoms. The van der Waals surface area contributed by atoms with E-state index in [1.807, 2.05) is 0 Å². The van der Waals surface area contributed by atoms with Gasteiger partial charge in [0.1, 0.15) is 5.75 Å². The maximum atomic E-state index is 10.6. The second-order valence-corrected chi connectivity index (χ2v) is 3.72. The van der Waals surface area contributed by atoms with E-state index in [-0.39, 0.29) is 6.42 Å². The van der Waals surface area contributed by atoms with Crippen LogP contribution >= 0.6 is 11.6 Å². The minimum absolute atomic E-state index is 0.0570. The molecule has 4 heteroatoms. The molecule has 0 aliphatic rings. The van der Waals surface area contributed by atoms with Gasteiger partial charge in [-0.15, -0.1) is 11.6 Å². The number of rotatable bonds is 4. The highest BCUT2D eigenvalue weighted by atomic mass is 35.5. The van der Waals surface area contributed by atoms with Crippen LogP contribution in [0.2, 0.25) is 0 Å². The molecule has 0 aromatic heterocycles. The van der Waals surface area contributed by atoms with Gasteiger partial charge in [-0.2, -0.15) is 0 Å². The van der Waals surface area contributed by atoms with E-state index in [0.717, 1.165) is 5.56 Å². The number of aliphatic carboxylic acids is 1. The van der Waals surface area contributed by atoms with E-state index in [1.54, 1.807) is 18.2 Å². The first-order valence-electron chi connectivity index (χ1n) is 5.11. The Morgan fingerprint density at radius 3 is 2.88 bits per heavy atom. The molecule has 0 saturated carbocycles. The fraction of sp³-hybridized carbons (Fsp3) is 0.308. The van der Waals surface area contributed by atoms with Gasteiger partial charge in [0.15, 0.2) is 0 Å². The highest BCUT2D eigenvalue weighted by Gasteiger charge is 2.07. The quantitative estimate of drug-likeness (QED) is 0.661. The number of halogens is 1. The van der Waals surface area contributed by atoms with Gasteiger partial charge in [0.2, 0.25) is 0 Å². The van der Waals surface area contributed by atoms with Crippen LogP contribution in [0.25, 0.3) is 0 Å². The van der Waals surface area contributed by atoms with Crippen molar-refractivity contribution >= 4 is 17.6 Å². The first kappa shape index (κ1) is 13.4. The lowest BCUT2D eigenvalue weighted by Gasteiger charge is -2.06. The summed E-state index contributed by atoms with van der Waals surface area (Å²) in [5, 5.41) is 8.73. The number of carboxylic acids is 1. The van der Waals surface area contributed by atoms with E-state index in [2.05, 4.69) is 11.8 Å². The van der Waals surface area contributed by atoms with Crippen molar-refractivity contribution < 1.29 is 14.6 Å². The molecule has 1 rings (SSSR count). The van der Waals surface area contributed by atoms with E-state index in [1.165, 1.54) is 7.11 Å². The van der Waals surface area contributed by atoms with Crippen molar-refractivity contribution in [2.75, 3.05) is 13.0 Å². The van der Waals surface area contributed by atoms with Gasteiger partial charge in [-0.1, -0.05) is 17.9 Å². The van der Waals surface area contributed by atoms with Crippen LogP contribution in [0.3, 0.4) is 0 Å². The van der Waals surface area contributed by atoms with Crippen molar-refractivity contribution in [2.45, 2.75) is 12.8 Å². The third kappa shape index (κ3) is 4.38. The fourth-order valence-corrected chi connectivity index (χ4v) is 1.44. The molecule has 0 fully saturated rings. The Bertz CT molecular complexity index is 457. The van der Waals surface area contributed by atoms with E-state index in [0.29, 0.717) is 23.6 Å². The minimum atomic E-state index is -0.885. The zero-order valence-electron chi connectivity index (χ0n) is 9.50. The molecule has 0 saturated heterocycles. The Labute approximate surface area is 105 Å². The smallest absolute Gasteiger partial charge is 0.307 e. The van der Waals surface area contributed by atoms with E-state index >= 15 is 0 Å². The Morgan fingerprint density at radius 2 is 2.29 bits per heavy atom. The molecule has 0 atom stereocenters. The summed E-state index contributed by atoms with van der Waals surface area (Å²) in [5.74, 6) is 6.01. The molecular formula is C13H13ClO3. The molecule has 1 aromatic carbocycles. The Morgan fingerprint density at radius 1 is 1.53 bits per heavy atom. The lowest BCUT2D eigenvalue weighted by atomic mass is 10.1. The Hall–Kier alpha value is -1.66. The number of ether oxygens (including phenoxy) is 1. The van der Waals surface area contributed by atoms with Crippen LogP contribution in [0.15, 0.2) is 18.2 Å². The zero-order chi connectivity index (χ0) is 12.7. The van der Waals surface area contributed by atoms with E-state index in [9.17, 15) is 4.79 Å². The first-order valence-corrected chi connectivity index (χ1v) is 5.64. The molecule has 0 unspecified atom stereocenters. The van der Waals surface area contributed by atoms with Crippen molar-refractivity contribution in [1.82, 2.24) is 0 Å². The number of benzene rings is 1. The molecule has 0 aliphatic heterocycles. The van der Waals surface area contributed by atoms with E-state index in [4.69, 9.17) is 21.4 Å². The lowest BCUT2D eigenvalue weighted by Crippen LogP contribution is -2.02. The summed E-state index contributed by atoms with van der Waals surface area (Å²) < 4.78 is 5.14. The first-order chi connectivity index (χ1) is 8.17. The average molecular weight is 253 g/mol. The third-order valence-electron chi connectivity index (χ3n) is 2.08. The molecule has 0 spiro atoms. The average Bonchev–Trinajstić information content (AvgIpc) is 2.30. The monoisotopic (exact) mass is 252 g/mol. The second-order valence-electron chi connectivity index (χ2n) is 3.34. The van der Waals surface area contributed by atoms with Crippen LogP contribution in [-0.4, -0.2) is 24.1 Å². The van der Waals surface area contributed by atoms with E-state index < -0.39 is 5.97 Å². The van der Waals surface area contributed by atoms with Crippen LogP contribution in [0.4, 0.5) is 0 Å². The van der Waals surface area contributed by atoms with Crippen LogP contribution in [-0.2, 0) is 11.2 Å². The predicted octanol–water partition coefficient (Wildman–Crippen LogP) is 2.30. The van der Waals surface area contributed by atoms with Gasteiger partial charge in [-0.05, 0) is 12.1 Å². The van der Waals surface area contributed by atoms with Gasteiger partial charge in [0.25, 0.3) is 0 Å². The van der Waals surface area contributed by atoms with Crippen LogP contribution in [0.5, 0.6) is 5.75 Å². The number of carbonyl (C=O) groups is 1. The highest BCUT2D eigenvalue weighted by Crippen LogP contribution is 2.20. The molecule has 0 radical (unpaired) electrons. The molecule has 0 aliphatic carbocycles. The maximum Gasteiger partial charge on any atom is 0.307 e. The maximum absolute atomic E-state index is 10.6. The normalized spacial score (nSPS) is 9.29. The zero-order valence-corrected chi connectivity index (χ0v) is 10.3. The van der Waals surface area contributed by atoms with Gasteiger partial charge < -0.3 is 9.84 Å². The molecule has 0 heterocycles. The molecule has 0 amide bonds. The topological polar surface area (TPSA) is 46.5 Å². The number of hydrogen-bond donors (Lipinski definition) is 1. The summed E-state index contributed by atoms with van der Waals surface area (Å²) >= 11 is 5.52. The largest absolute Gasteiger partial charge is 0.496 e. The highest BCUT2D eigenvalue weighted by molar-refractivity contribution is 6.18. The summed E-state index contributed by atoms with van der Waals surface area (Å²) in [7, 11) is 1.51. The SMILES string of the molecule is COc1cc(C#CCCCl)ccc1CC(=O)O. The Kier molecular flexibility index (Phi) is 5.38. The molecule has 17 heavy (non-hydrogen) atoms. The number of methoxy groups -OCH3 is 1. The van der Waals surface area contributed by atoms with Gasteiger partial charge >= 0.3 is 5.97 Å².